The molecular formula is C16H20N4O2S. The predicted octanol–water partition coefficient (Wildman–Crippen LogP) is 1.85. The maximum atomic E-state index is 11.8. The summed E-state index contributed by atoms with van der Waals surface area (Å²) in [6.07, 6.45) is 2.84. The Morgan fingerprint density at radius 2 is 2.30 bits per heavy atom. The van der Waals surface area contributed by atoms with E-state index in [1.165, 1.54) is 11.5 Å². The normalized spacial score (nSPS) is 13.7. The molecule has 1 N–H and O–H groups in total. The number of likely N-dealkylation sites (N-methyl/N-ethyl adjacent to an activating group) is 1. The number of ether oxygens (including phenoxy) is 1. The smallest absolute Gasteiger partial charge is 0.239 e. The standard InChI is InChI=1S/C16H20N4O2S/c1-20(10-15(21)17-12-6-7-12)16-18-14(19-23-16)9-11-4-3-5-13(8-11)22-2/h3-5,8,12H,6-7,9-10H2,1-2H3,(H,17,21). The SMILES string of the molecule is COc1cccc(Cc2nsc(N(C)CC(=O)NC3CC3)n2)c1. The molecule has 0 spiro atoms. The maximum absolute atomic E-state index is 11.8. The van der Waals surface area contributed by atoms with E-state index in [4.69, 9.17) is 4.74 Å². The molecule has 1 aromatic carbocycles. The molecule has 1 amide bonds. The van der Waals surface area contributed by atoms with Crippen molar-refractivity contribution in [3.05, 3.63) is 35.7 Å². The van der Waals surface area contributed by atoms with Crippen molar-refractivity contribution in [1.29, 1.82) is 0 Å². The van der Waals surface area contributed by atoms with Crippen LogP contribution >= 0.6 is 11.5 Å². The summed E-state index contributed by atoms with van der Waals surface area (Å²) in [6.45, 7) is 0.310. The number of benzene rings is 1. The van der Waals surface area contributed by atoms with Gasteiger partial charge in [-0.1, -0.05) is 12.1 Å². The Hall–Kier alpha value is -2.15. The lowest BCUT2D eigenvalue weighted by molar-refractivity contribution is -0.119. The summed E-state index contributed by atoms with van der Waals surface area (Å²) in [5, 5.41) is 3.73. The third-order valence-corrected chi connectivity index (χ3v) is 4.47. The van der Waals surface area contributed by atoms with Crippen molar-refractivity contribution in [1.82, 2.24) is 14.7 Å². The fourth-order valence-electron chi connectivity index (χ4n) is 2.22. The van der Waals surface area contributed by atoms with E-state index in [0.29, 0.717) is 19.0 Å². The van der Waals surface area contributed by atoms with E-state index in [-0.39, 0.29) is 5.91 Å². The van der Waals surface area contributed by atoms with E-state index in [1.54, 1.807) is 7.11 Å². The van der Waals surface area contributed by atoms with Gasteiger partial charge in [0.05, 0.1) is 13.7 Å². The third kappa shape index (κ3) is 4.41. The monoisotopic (exact) mass is 332 g/mol. The Balaban J connectivity index is 1.59. The molecule has 0 bridgehead atoms. The van der Waals surface area contributed by atoms with Gasteiger partial charge in [0.15, 0.2) is 0 Å². The zero-order valence-corrected chi connectivity index (χ0v) is 14.1. The van der Waals surface area contributed by atoms with Crippen LogP contribution in [0.2, 0.25) is 0 Å². The summed E-state index contributed by atoms with van der Waals surface area (Å²) in [5.41, 5.74) is 1.10. The summed E-state index contributed by atoms with van der Waals surface area (Å²) in [6, 6.07) is 8.25. The number of anilines is 1. The molecule has 1 fully saturated rings. The van der Waals surface area contributed by atoms with Crippen LogP contribution in [-0.4, -0.2) is 42.0 Å². The van der Waals surface area contributed by atoms with Gasteiger partial charge in [0, 0.05) is 31.0 Å². The molecule has 0 radical (unpaired) electrons. The minimum Gasteiger partial charge on any atom is -0.497 e. The molecular weight excluding hydrogens is 312 g/mol. The maximum Gasteiger partial charge on any atom is 0.239 e. The van der Waals surface area contributed by atoms with Crippen LogP contribution in [0, 0.1) is 0 Å². The third-order valence-electron chi connectivity index (χ3n) is 3.60. The van der Waals surface area contributed by atoms with Gasteiger partial charge in [-0.05, 0) is 30.5 Å². The lowest BCUT2D eigenvalue weighted by atomic mass is 10.1. The molecule has 3 rings (SSSR count). The topological polar surface area (TPSA) is 67.3 Å². The molecule has 0 saturated heterocycles. The quantitative estimate of drug-likeness (QED) is 0.838. The second-order valence-electron chi connectivity index (χ2n) is 5.72. The van der Waals surface area contributed by atoms with Gasteiger partial charge in [0.2, 0.25) is 11.0 Å². The van der Waals surface area contributed by atoms with Crippen molar-refractivity contribution in [3.8, 4) is 5.75 Å². The Morgan fingerprint density at radius 3 is 3.04 bits per heavy atom. The van der Waals surface area contributed by atoms with Gasteiger partial charge < -0.3 is 15.0 Å². The molecule has 1 aliphatic rings. The van der Waals surface area contributed by atoms with Crippen LogP contribution in [0.1, 0.15) is 24.2 Å². The van der Waals surface area contributed by atoms with Crippen LogP contribution in [0.25, 0.3) is 0 Å². The highest BCUT2D eigenvalue weighted by molar-refractivity contribution is 7.09. The van der Waals surface area contributed by atoms with Gasteiger partial charge in [-0.3, -0.25) is 4.79 Å². The van der Waals surface area contributed by atoms with Crippen LogP contribution in [0.4, 0.5) is 5.13 Å². The highest BCUT2D eigenvalue weighted by Gasteiger charge is 2.24. The van der Waals surface area contributed by atoms with Crippen molar-refractivity contribution in [2.45, 2.75) is 25.3 Å². The second-order valence-corrected chi connectivity index (χ2v) is 6.45. The molecule has 1 saturated carbocycles. The number of amides is 1. The predicted molar refractivity (Wildman–Crippen MR) is 90.1 cm³/mol. The molecule has 2 aromatic rings. The van der Waals surface area contributed by atoms with Crippen LogP contribution < -0.4 is 15.0 Å². The molecule has 0 unspecified atom stereocenters. The second kappa shape index (κ2) is 6.95. The van der Waals surface area contributed by atoms with Crippen molar-refractivity contribution in [2.75, 3.05) is 25.6 Å². The minimum absolute atomic E-state index is 0.0412. The zero-order chi connectivity index (χ0) is 16.2. The molecule has 0 atom stereocenters. The molecule has 1 aliphatic carbocycles. The molecule has 1 aromatic heterocycles. The number of nitrogens with one attached hydrogen (secondary N) is 1. The number of hydrogen-bond acceptors (Lipinski definition) is 6. The molecule has 7 heteroatoms. The summed E-state index contributed by atoms with van der Waals surface area (Å²) >= 11 is 1.32. The average Bonchev–Trinajstić information content (AvgIpc) is 3.22. The molecule has 6 nitrogen and oxygen atoms in total. The highest BCUT2D eigenvalue weighted by atomic mass is 32.1. The summed E-state index contributed by atoms with van der Waals surface area (Å²) in [7, 11) is 3.52. The van der Waals surface area contributed by atoms with Crippen LogP contribution in [0.5, 0.6) is 5.75 Å². The lowest BCUT2D eigenvalue weighted by Gasteiger charge is -2.14. The van der Waals surface area contributed by atoms with Crippen LogP contribution in [-0.2, 0) is 11.2 Å². The van der Waals surface area contributed by atoms with Crippen molar-refractivity contribution in [2.24, 2.45) is 0 Å². The first-order chi connectivity index (χ1) is 11.1. The lowest BCUT2D eigenvalue weighted by Crippen LogP contribution is -2.36. The van der Waals surface area contributed by atoms with Gasteiger partial charge in [-0.25, -0.2) is 4.98 Å². The van der Waals surface area contributed by atoms with Gasteiger partial charge >= 0.3 is 0 Å². The number of methoxy groups -OCH3 is 1. The molecule has 23 heavy (non-hydrogen) atoms. The van der Waals surface area contributed by atoms with Gasteiger partial charge in [0.25, 0.3) is 0 Å². The number of carbonyl (C=O) groups excluding carboxylic acids is 1. The van der Waals surface area contributed by atoms with Crippen molar-refractivity contribution < 1.29 is 9.53 Å². The van der Waals surface area contributed by atoms with Gasteiger partial charge in [0.1, 0.15) is 11.6 Å². The average molecular weight is 332 g/mol. The van der Waals surface area contributed by atoms with E-state index >= 15 is 0 Å². The fourth-order valence-corrected chi connectivity index (χ4v) is 2.86. The number of rotatable bonds is 7. The van der Waals surface area contributed by atoms with Crippen LogP contribution in [0.3, 0.4) is 0 Å². The van der Waals surface area contributed by atoms with Crippen LogP contribution in [0.15, 0.2) is 24.3 Å². The summed E-state index contributed by atoms with van der Waals surface area (Å²) in [4.78, 5) is 18.2. The van der Waals surface area contributed by atoms with Gasteiger partial charge in [-0.2, -0.15) is 4.37 Å². The minimum atomic E-state index is 0.0412. The fraction of sp³-hybridized carbons (Fsp3) is 0.438. The molecule has 1 heterocycles. The first kappa shape index (κ1) is 15.7. The number of nitrogens with zero attached hydrogens (tertiary/aromatic N) is 3. The Morgan fingerprint density at radius 1 is 1.48 bits per heavy atom. The Bertz CT molecular complexity index is 684. The Labute approximate surface area is 139 Å². The number of carbonyl (C=O) groups is 1. The summed E-state index contributed by atoms with van der Waals surface area (Å²) < 4.78 is 9.61. The number of hydrogen-bond donors (Lipinski definition) is 1. The first-order valence-electron chi connectivity index (χ1n) is 7.60. The Kier molecular flexibility index (Phi) is 4.76. The number of aromatic nitrogens is 2. The first-order valence-corrected chi connectivity index (χ1v) is 8.37. The van der Waals surface area contributed by atoms with Crippen molar-refractivity contribution >= 4 is 22.6 Å². The van der Waals surface area contributed by atoms with Crippen molar-refractivity contribution in [3.63, 3.8) is 0 Å². The van der Waals surface area contributed by atoms with E-state index in [2.05, 4.69) is 14.7 Å². The zero-order valence-electron chi connectivity index (χ0n) is 13.3. The van der Waals surface area contributed by atoms with E-state index in [1.807, 2.05) is 36.2 Å². The molecule has 0 aliphatic heterocycles. The largest absolute Gasteiger partial charge is 0.497 e. The van der Waals surface area contributed by atoms with Gasteiger partial charge in [-0.15, -0.1) is 0 Å². The van der Waals surface area contributed by atoms with E-state index in [0.717, 1.165) is 35.1 Å². The van der Waals surface area contributed by atoms with E-state index in [9.17, 15) is 4.79 Å². The molecule has 122 valence electrons. The highest BCUT2D eigenvalue weighted by Crippen LogP contribution is 2.21. The van der Waals surface area contributed by atoms with E-state index < -0.39 is 0 Å². The summed E-state index contributed by atoms with van der Waals surface area (Å²) in [5.74, 6) is 1.62.